The molecule has 1 saturated carbocycles. The van der Waals surface area contributed by atoms with Crippen LogP contribution in [0.1, 0.15) is 51.5 Å². The largest absolute Gasteiger partial charge is 0.324 e. The molecule has 1 fully saturated rings. The van der Waals surface area contributed by atoms with Crippen LogP contribution in [0.5, 0.6) is 0 Å². The van der Waals surface area contributed by atoms with E-state index in [1.165, 1.54) is 43.2 Å². The Hall–Kier alpha value is -1.08. The van der Waals surface area contributed by atoms with Gasteiger partial charge >= 0.3 is 0 Å². The van der Waals surface area contributed by atoms with Crippen LogP contribution in [-0.4, -0.2) is 6.04 Å². The SMILES string of the molecule is CC(C)=CC(N)C1(c2ccccc2)CCCCC1. The Kier molecular flexibility index (Phi) is 4.23. The molecule has 1 aliphatic rings. The number of hydrogen-bond donors (Lipinski definition) is 1. The average Bonchev–Trinajstić information content (AvgIpc) is 2.40. The summed E-state index contributed by atoms with van der Waals surface area (Å²) >= 11 is 0. The number of nitrogens with two attached hydrogens (primary N) is 1. The highest BCUT2D eigenvalue weighted by molar-refractivity contribution is 5.31. The second-order valence-corrected chi connectivity index (χ2v) is 5.85. The van der Waals surface area contributed by atoms with E-state index in [4.69, 9.17) is 5.73 Å². The van der Waals surface area contributed by atoms with Crippen LogP contribution in [-0.2, 0) is 5.41 Å². The van der Waals surface area contributed by atoms with Gasteiger partial charge in [-0.1, -0.05) is 61.2 Å². The first-order valence-corrected chi connectivity index (χ1v) is 7.11. The van der Waals surface area contributed by atoms with E-state index in [2.05, 4.69) is 50.3 Å². The zero-order chi connectivity index (χ0) is 13.0. The molecule has 1 aromatic rings. The van der Waals surface area contributed by atoms with Gasteiger partial charge in [-0.05, 0) is 32.3 Å². The van der Waals surface area contributed by atoms with E-state index in [1.54, 1.807) is 0 Å². The highest BCUT2D eigenvalue weighted by Crippen LogP contribution is 2.42. The van der Waals surface area contributed by atoms with Gasteiger partial charge in [0.05, 0.1) is 0 Å². The van der Waals surface area contributed by atoms with Crippen molar-refractivity contribution < 1.29 is 0 Å². The zero-order valence-corrected chi connectivity index (χ0v) is 11.7. The molecule has 1 atom stereocenters. The summed E-state index contributed by atoms with van der Waals surface area (Å²) in [6.45, 7) is 4.28. The zero-order valence-electron chi connectivity index (χ0n) is 11.7. The molecule has 2 N–H and O–H groups in total. The topological polar surface area (TPSA) is 26.0 Å². The monoisotopic (exact) mass is 243 g/mol. The third kappa shape index (κ3) is 2.67. The normalized spacial score (nSPS) is 20.2. The van der Waals surface area contributed by atoms with Gasteiger partial charge in [-0.3, -0.25) is 0 Å². The molecule has 1 nitrogen and oxygen atoms in total. The predicted molar refractivity (Wildman–Crippen MR) is 78.6 cm³/mol. The summed E-state index contributed by atoms with van der Waals surface area (Å²) in [5.41, 5.74) is 9.45. The van der Waals surface area contributed by atoms with Gasteiger partial charge in [0, 0.05) is 11.5 Å². The molecule has 2 rings (SSSR count). The van der Waals surface area contributed by atoms with E-state index in [1.807, 2.05) is 0 Å². The Morgan fingerprint density at radius 3 is 2.28 bits per heavy atom. The maximum atomic E-state index is 6.54. The van der Waals surface area contributed by atoms with Gasteiger partial charge in [-0.2, -0.15) is 0 Å². The van der Waals surface area contributed by atoms with Crippen molar-refractivity contribution in [1.29, 1.82) is 0 Å². The van der Waals surface area contributed by atoms with Crippen LogP contribution in [0.3, 0.4) is 0 Å². The van der Waals surface area contributed by atoms with E-state index in [9.17, 15) is 0 Å². The molecule has 1 unspecified atom stereocenters. The lowest BCUT2D eigenvalue weighted by atomic mass is 9.65. The molecule has 0 aromatic heterocycles. The molecule has 0 radical (unpaired) electrons. The first-order valence-electron chi connectivity index (χ1n) is 7.11. The molecule has 0 spiro atoms. The highest BCUT2D eigenvalue weighted by atomic mass is 14.7. The maximum Gasteiger partial charge on any atom is 0.0324 e. The van der Waals surface area contributed by atoms with E-state index < -0.39 is 0 Å². The lowest BCUT2D eigenvalue weighted by Gasteiger charge is -2.41. The molecule has 0 amide bonds. The first kappa shape index (κ1) is 13.4. The van der Waals surface area contributed by atoms with Gasteiger partial charge in [0.15, 0.2) is 0 Å². The fourth-order valence-electron chi connectivity index (χ4n) is 3.29. The number of hydrogen-bond acceptors (Lipinski definition) is 1. The van der Waals surface area contributed by atoms with E-state index in [0.717, 1.165) is 0 Å². The van der Waals surface area contributed by atoms with Crippen LogP contribution in [0.15, 0.2) is 42.0 Å². The van der Waals surface area contributed by atoms with Gasteiger partial charge in [0.1, 0.15) is 0 Å². The molecule has 1 aliphatic carbocycles. The van der Waals surface area contributed by atoms with Crippen molar-refractivity contribution in [2.24, 2.45) is 5.73 Å². The third-order valence-corrected chi connectivity index (χ3v) is 4.25. The van der Waals surface area contributed by atoms with E-state index in [-0.39, 0.29) is 11.5 Å². The third-order valence-electron chi connectivity index (χ3n) is 4.25. The summed E-state index contributed by atoms with van der Waals surface area (Å²) in [5.74, 6) is 0. The van der Waals surface area contributed by atoms with Crippen molar-refractivity contribution in [2.45, 2.75) is 57.4 Å². The molecule has 98 valence electrons. The molecule has 0 heterocycles. The lowest BCUT2D eigenvalue weighted by molar-refractivity contribution is 0.267. The number of benzene rings is 1. The second kappa shape index (κ2) is 5.71. The van der Waals surface area contributed by atoms with Crippen LogP contribution in [0.25, 0.3) is 0 Å². The minimum Gasteiger partial charge on any atom is -0.324 e. The Bertz CT molecular complexity index is 395. The summed E-state index contributed by atoms with van der Waals surface area (Å²) < 4.78 is 0. The maximum absolute atomic E-state index is 6.54. The van der Waals surface area contributed by atoms with Crippen LogP contribution in [0.2, 0.25) is 0 Å². The fraction of sp³-hybridized carbons (Fsp3) is 0.529. The van der Waals surface area contributed by atoms with Crippen molar-refractivity contribution in [3.8, 4) is 0 Å². The van der Waals surface area contributed by atoms with Gasteiger partial charge in [-0.15, -0.1) is 0 Å². The molecule has 0 saturated heterocycles. The van der Waals surface area contributed by atoms with Crippen LogP contribution < -0.4 is 5.73 Å². The molecule has 18 heavy (non-hydrogen) atoms. The van der Waals surface area contributed by atoms with Crippen molar-refractivity contribution in [3.05, 3.63) is 47.5 Å². The average molecular weight is 243 g/mol. The van der Waals surface area contributed by atoms with E-state index in [0.29, 0.717) is 0 Å². The Morgan fingerprint density at radius 2 is 1.72 bits per heavy atom. The minimum absolute atomic E-state index is 0.144. The first-order chi connectivity index (χ1) is 8.65. The Morgan fingerprint density at radius 1 is 1.11 bits per heavy atom. The molecule has 1 aromatic carbocycles. The Labute approximate surface area is 111 Å². The summed E-state index contributed by atoms with van der Waals surface area (Å²) in [6, 6.07) is 11.0. The summed E-state index contributed by atoms with van der Waals surface area (Å²) in [5, 5.41) is 0. The van der Waals surface area contributed by atoms with E-state index >= 15 is 0 Å². The minimum atomic E-state index is 0.144. The number of allylic oxidation sites excluding steroid dienone is 1. The predicted octanol–water partition coefficient (Wildman–Crippen LogP) is 4.18. The van der Waals surface area contributed by atoms with Gasteiger partial charge in [-0.25, -0.2) is 0 Å². The lowest BCUT2D eigenvalue weighted by Crippen LogP contribution is -2.45. The summed E-state index contributed by atoms with van der Waals surface area (Å²) in [4.78, 5) is 0. The number of rotatable bonds is 3. The highest BCUT2D eigenvalue weighted by Gasteiger charge is 2.38. The fourth-order valence-corrected chi connectivity index (χ4v) is 3.29. The smallest absolute Gasteiger partial charge is 0.0324 e. The van der Waals surface area contributed by atoms with Crippen molar-refractivity contribution in [2.75, 3.05) is 0 Å². The molecule has 0 aliphatic heterocycles. The van der Waals surface area contributed by atoms with Crippen molar-refractivity contribution in [3.63, 3.8) is 0 Å². The van der Waals surface area contributed by atoms with Gasteiger partial charge in [0.25, 0.3) is 0 Å². The molecule has 1 heteroatoms. The molecule has 0 bridgehead atoms. The van der Waals surface area contributed by atoms with Gasteiger partial charge < -0.3 is 5.73 Å². The van der Waals surface area contributed by atoms with Crippen LogP contribution >= 0.6 is 0 Å². The summed E-state index contributed by atoms with van der Waals surface area (Å²) in [7, 11) is 0. The van der Waals surface area contributed by atoms with Crippen molar-refractivity contribution in [1.82, 2.24) is 0 Å². The molecular weight excluding hydrogens is 218 g/mol. The second-order valence-electron chi connectivity index (χ2n) is 5.85. The Balaban J connectivity index is 2.37. The van der Waals surface area contributed by atoms with Crippen LogP contribution in [0.4, 0.5) is 0 Å². The van der Waals surface area contributed by atoms with Crippen LogP contribution in [0, 0.1) is 0 Å². The standard InChI is InChI=1S/C17H25N/c1-14(2)13-16(18)17(11-7-4-8-12-17)15-9-5-3-6-10-15/h3,5-6,9-10,13,16H,4,7-8,11-12,18H2,1-2H3. The van der Waals surface area contributed by atoms with Crippen molar-refractivity contribution >= 4 is 0 Å². The molecular formula is C17H25N. The quantitative estimate of drug-likeness (QED) is 0.792. The summed E-state index contributed by atoms with van der Waals surface area (Å²) in [6.07, 6.45) is 8.66. The van der Waals surface area contributed by atoms with Gasteiger partial charge in [0.2, 0.25) is 0 Å².